The van der Waals surface area contributed by atoms with Crippen LogP contribution >= 0.6 is 0 Å². The van der Waals surface area contributed by atoms with E-state index in [-0.39, 0.29) is 11.9 Å². The van der Waals surface area contributed by atoms with Gasteiger partial charge in [-0.25, -0.2) is 0 Å². The molecule has 0 aliphatic heterocycles. The molecule has 4 nitrogen and oxygen atoms in total. The minimum Gasteiger partial charge on any atom is -0.496 e. The first-order chi connectivity index (χ1) is 11.6. The molecule has 24 heavy (non-hydrogen) atoms. The molecular formula is C20H25NO3. The quantitative estimate of drug-likeness (QED) is 0.799. The largest absolute Gasteiger partial charge is 0.496 e. The summed E-state index contributed by atoms with van der Waals surface area (Å²) in [6, 6.07) is 15.6. The first kappa shape index (κ1) is 18.0. The number of benzene rings is 2. The van der Waals surface area contributed by atoms with Crippen LogP contribution in [0.1, 0.15) is 41.8 Å². The molecule has 0 spiro atoms. The summed E-state index contributed by atoms with van der Waals surface area (Å²) in [6.45, 7) is 4.95. The first-order valence-corrected chi connectivity index (χ1v) is 8.23. The van der Waals surface area contributed by atoms with Gasteiger partial charge in [0.15, 0.2) is 0 Å². The lowest BCUT2D eigenvalue weighted by atomic mass is 10.1. The Morgan fingerprint density at radius 3 is 2.54 bits per heavy atom. The summed E-state index contributed by atoms with van der Waals surface area (Å²) in [7, 11) is 1.62. The van der Waals surface area contributed by atoms with Gasteiger partial charge in [-0.2, -0.15) is 0 Å². The van der Waals surface area contributed by atoms with Crippen molar-refractivity contribution < 1.29 is 14.3 Å². The molecule has 2 aromatic carbocycles. The fourth-order valence-electron chi connectivity index (χ4n) is 2.29. The maximum Gasteiger partial charge on any atom is 0.251 e. The Labute approximate surface area is 143 Å². The molecule has 1 atom stereocenters. The molecule has 4 heteroatoms. The molecule has 0 fully saturated rings. The number of carbonyl (C=O) groups excluding carboxylic acids is 1. The van der Waals surface area contributed by atoms with Crippen LogP contribution < -0.4 is 10.1 Å². The van der Waals surface area contributed by atoms with E-state index in [0.717, 1.165) is 23.3 Å². The molecule has 128 valence electrons. The molecule has 2 rings (SSSR count). The summed E-state index contributed by atoms with van der Waals surface area (Å²) in [5.41, 5.74) is 2.60. The van der Waals surface area contributed by atoms with Crippen LogP contribution in [0.4, 0.5) is 0 Å². The molecule has 2 aromatic rings. The lowest BCUT2D eigenvalue weighted by Gasteiger charge is -2.14. The number of hydrogen-bond acceptors (Lipinski definition) is 3. The highest BCUT2D eigenvalue weighted by Crippen LogP contribution is 2.21. The Morgan fingerprint density at radius 2 is 1.88 bits per heavy atom. The zero-order valence-corrected chi connectivity index (χ0v) is 14.5. The molecule has 0 unspecified atom stereocenters. The summed E-state index contributed by atoms with van der Waals surface area (Å²) in [4.78, 5) is 12.3. The van der Waals surface area contributed by atoms with Gasteiger partial charge in [-0.3, -0.25) is 4.79 Å². The van der Waals surface area contributed by atoms with E-state index < -0.39 is 0 Å². The summed E-state index contributed by atoms with van der Waals surface area (Å²) in [6.07, 6.45) is 0.898. The third kappa shape index (κ3) is 5.10. The van der Waals surface area contributed by atoms with Crippen molar-refractivity contribution in [1.29, 1.82) is 0 Å². The van der Waals surface area contributed by atoms with Crippen molar-refractivity contribution >= 4 is 5.91 Å². The zero-order chi connectivity index (χ0) is 17.4. The monoisotopic (exact) mass is 327 g/mol. The van der Waals surface area contributed by atoms with Gasteiger partial charge in [0.25, 0.3) is 5.91 Å². The second-order valence-electron chi connectivity index (χ2n) is 5.79. The van der Waals surface area contributed by atoms with Crippen molar-refractivity contribution in [3.8, 4) is 5.75 Å². The Hall–Kier alpha value is -2.33. The fourth-order valence-corrected chi connectivity index (χ4v) is 2.29. The molecule has 0 aromatic heterocycles. The summed E-state index contributed by atoms with van der Waals surface area (Å²) < 4.78 is 11.1. The standard InChI is InChI=1S/C20H25NO3/c1-4-15(2)21-20(22)17-10-11-19(23-3)18(12-17)14-24-13-16-8-6-5-7-9-16/h5-12,15H,4,13-14H2,1-3H3,(H,21,22)/t15-/m1/s1. The van der Waals surface area contributed by atoms with Crippen LogP contribution in [0, 0.1) is 0 Å². The highest BCUT2D eigenvalue weighted by Gasteiger charge is 2.12. The molecule has 0 radical (unpaired) electrons. The van der Waals surface area contributed by atoms with Crippen molar-refractivity contribution in [3.05, 3.63) is 65.2 Å². The molecule has 1 N–H and O–H groups in total. The van der Waals surface area contributed by atoms with Crippen molar-refractivity contribution in [3.63, 3.8) is 0 Å². The van der Waals surface area contributed by atoms with Gasteiger partial charge in [0.05, 0.1) is 20.3 Å². The summed E-state index contributed by atoms with van der Waals surface area (Å²) in [5.74, 6) is 0.652. The van der Waals surface area contributed by atoms with E-state index >= 15 is 0 Å². The van der Waals surface area contributed by atoms with Gasteiger partial charge in [0, 0.05) is 17.2 Å². The van der Waals surface area contributed by atoms with Gasteiger partial charge in [-0.15, -0.1) is 0 Å². The Balaban J connectivity index is 2.04. The number of methoxy groups -OCH3 is 1. The van der Waals surface area contributed by atoms with Crippen molar-refractivity contribution in [1.82, 2.24) is 5.32 Å². The molecule has 0 aliphatic rings. The maximum absolute atomic E-state index is 12.3. The molecule has 0 saturated heterocycles. The smallest absolute Gasteiger partial charge is 0.251 e. The summed E-state index contributed by atoms with van der Waals surface area (Å²) >= 11 is 0. The number of nitrogens with one attached hydrogen (secondary N) is 1. The predicted octanol–water partition coefficient (Wildman–Crippen LogP) is 3.94. The van der Waals surface area contributed by atoms with Crippen LogP contribution in [0.5, 0.6) is 5.75 Å². The third-order valence-electron chi connectivity index (χ3n) is 3.90. The predicted molar refractivity (Wildman–Crippen MR) is 95.1 cm³/mol. The number of hydrogen-bond donors (Lipinski definition) is 1. The SMILES string of the molecule is CC[C@@H](C)NC(=O)c1ccc(OC)c(COCc2ccccc2)c1. The first-order valence-electron chi connectivity index (χ1n) is 8.23. The minimum atomic E-state index is -0.0729. The van der Waals surface area contributed by atoms with Crippen LogP contribution in [0.15, 0.2) is 48.5 Å². The van der Waals surface area contributed by atoms with E-state index in [4.69, 9.17) is 9.47 Å². The molecule has 0 aliphatic carbocycles. The normalized spacial score (nSPS) is 11.8. The van der Waals surface area contributed by atoms with E-state index in [1.165, 1.54) is 0 Å². The second-order valence-corrected chi connectivity index (χ2v) is 5.79. The van der Waals surface area contributed by atoms with Gasteiger partial charge < -0.3 is 14.8 Å². The van der Waals surface area contributed by atoms with E-state index in [0.29, 0.717) is 18.8 Å². The van der Waals surface area contributed by atoms with Crippen LogP contribution in [0.3, 0.4) is 0 Å². The lowest BCUT2D eigenvalue weighted by molar-refractivity contribution is 0.0937. The van der Waals surface area contributed by atoms with Gasteiger partial charge in [0.2, 0.25) is 0 Å². The highest BCUT2D eigenvalue weighted by molar-refractivity contribution is 5.94. The van der Waals surface area contributed by atoms with Gasteiger partial charge >= 0.3 is 0 Å². The molecule has 1 amide bonds. The van der Waals surface area contributed by atoms with Crippen molar-refractivity contribution in [2.75, 3.05) is 7.11 Å². The van der Waals surface area contributed by atoms with Crippen LogP contribution in [0.25, 0.3) is 0 Å². The van der Waals surface area contributed by atoms with Crippen LogP contribution in [-0.2, 0) is 18.0 Å². The number of ether oxygens (including phenoxy) is 2. The molecule has 0 bridgehead atoms. The zero-order valence-electron chi connectivity index (χ0n) is 14.5. The van der Waals surface area contributed by atoms with Gasteiger partial charge in [-0.1, -0.05) is 37.3 Å². The van der Waals surface area contributed by atoms with Crippen molar-refractivity contribution in [2.45, 2.75) is 39.5 Å². The average molecular weight is 327 g/mol. The van der Waals surface area contributed by atoms with Crippen molar-refractivity contribution in [2.24, 2.45) is 0 Å². The number of carbonyl (C=O) groups is 1. The second kappa shape index (κ2) is 9.08. The number of amides is 1. The van der Waals surface area contributed by atoms with E-state index in [1.54, 1.807) is 13.2 Å². The van der Waals surface area contributed by atoms with E-state index in [2.05, 4.69) is 5.32 Å². The average Bonchev–Trinajstić information content (AvgIpc) is 2.62. The molecular weight excluding hydrogens is 302 g/mol. The maximum atomic E-state index is 12.3. The lowest BCUT2D eigenvalue weighted by Crippen LogP contribution is -2.31. The third-order valence-corrected chi connectivity index (χ3v) is 3.90. The topological polar surface area (TPSA) is 47.6 Å². The minimum absolute atomic E-state index is 0.0729. The Morgan fingerprint density at radius 1 is 1.12 bits per heavy atom. The van der Waals surface area contributed by atoms with Gasteiger partial charge in [0.1, 0.15) is 5.75 Å². The Kier molecular flexibility index (Phi) is 6.82. The van der Waals surface area contributed by atoms with Crippen LogP contribution in [-0.4, -0.2) is 19.1 Å². The number of rotatable bonds is 8. The van der Waals surface area contributed by atoms with E-state index in [9.17, 15) is 4.79 Å². The molecule has 0 heterocycles. The highest BCUT2D eigenvalue weighted by atomic mass is 16.5. The van der Waals surface area contributed by atoms with E-state index in [1.807, 2.05) is 56.3 Å². The Bertz CT molecular complexity index is 655. The summed E-state index contributed by atoms with van der Waals surface area (Å²) in [5, 5.41) is 2.97. The van der Waals surface area contributed by atoms with Gasteiger partial charge in [-0.05, 0) is 37.1 Å². The van der Waals surface area contributed by atoms with Crippen LogP contribution in [0.2, 0.25) is 0 Å². The fraction of sp³-hybridized carbons (Fsp3) is 0.350. The molecule has 0 saturated carbocycles.